The molecule has 1 atom stereocenters. The van der Waals surface area contributed by atoms with Gasteiger partial charge >= 0.3 is 0 Å². The zero-order chi connectivity index (χ0) is 13.1. The third-order valence-electron chi connectivity index (χ3n) is 2.89. The monoisotopic (exact) mass is 330 g/mol. The molecule has 0 aliphatic carbocycles. The minimum absolute atomic E-state index is 0.249. The maximum absolute atomic E-state index is 5.85. The van der Waals surface area contributed by atoms with Gasteiger partial charge in [0, 0.05) is 23.9 Å². The van der Waals surface area contributed by atoms with Gasteiger partial charge in [0.1, 0.15) is 5.82 Å². The minimum atomic E-state index is 0.249. The lowest BCUT2D eigenvalue weighted by molar-refractivity contribution is 0.162. The van der Waals surface area contributed by atoms with Gasteiger partial charge < -0.3 is 9.30 Å². The number of halogens is 2. The largest absolute Gasteiger partial charge is 0.383 e. The van der Waals surface area contributed by atoms with Crippen LogP contribution in [0.5, 0.6) is 0 Å². The number of alkyl halides is 1. The number of fused-ring (bicyclic) bond motifs is 1. The molecule has 0 aliphatic rings. The van der Waals surface area contributed by atoms with Gasteiger partial charge in [-0.05, 0) is 25.1 Å². The summed E-state index contributed by atoms with van der Waals surface area (Å²) in [7, 11) is 1.72. The van der Waals surface area contributed by atoms with E-state index >= 15 is 0 Å². The predicted molar refractivity (Wildman–Crippen MR) is 78.4 cm³/mol. The summed E-state index contributed by atoms with van der Waals surface area (Å²) in [4.78, 5) is 4.66. The molecule has 1 aromatic heterocycles. The first-order valence-electron chi connectivity index (χ1n) is 5.88. The van der Waals surface area contributed by atoms with Crippen LogP contribution >= 0.6 is 27.5 Å². The van der Waals surface area contributed by atoms with Crippen LogP contribution in [0.4, 0.5) is 0 Å². The quantitative estimate of drug-likeness (QED) is 0.780. The molecule has 0 radical (unpaired) electrons. The lowest BCUT2D eigenvalue weighted by Gasteiger charge is -2.16. The van der Waals surface area contributed by atoms with Gasteiger partial charge in [-0.2, -0.15) is 0 Å². The second kappa shape index (κ2) is 6.04. The summed E-state index contributed by atoms with van der Waals surface area (Å²) in [6.45, 7) is 2.79. The van der Waals surface area contributed by atoms with Gasteiger partial charge in [0.2, 0.25) is 0 Å². The van der Waals surface area contributed by atoms with E-state index in [0.29, 0.717) is 12.5 Å². The summed E-state index contributed by atoms with van der Waals surface area (Å²) < 4.78 is 8.50. The molecule has 0 saturated carbocycles. The van der Waals surface area contributed by atoms with Crippen molar-refractivity contribution in [2.75, 3.05) is 19.6 Å². The molecule has 0 fully saturated rings. The van der Waals surface area contributed by atoms with Crippen molar-refractivity contribution in [1.29, 1.82) is 0 Å². The Bertz CT molecular complexity index is 541. The maximum Gasteiger partial charge on any atom is 0.111 e. The van der Waals surface area contributed by atoms with Crippen LogP contribution in [0.2, 0.25) is 0 Å². The Morgan fingerprint density at radius 1 is 1.50 bits per heavy atom. The third-order valence-corrected chi connectivity index (χ3v) is 3.57. The molecule has 1 aromatic carbocycles. The van der Waals surface area contributed by atoms with E-state index in [2.05, 4.69) is 38.5 Å². The Morgan fingerprint density at radius 2 is 2.28 bits per heavy atom. The molecule has 3 nitrogen and oxygen atoms in total. The lowest BCUT2D eigenvalue weighted by Crippen LogP contribution is -2.14. The van der Waals surface area contributed by atoms with E-state index < -0.39 is 0 Å². The second-order valence-electron chi connectivity index (χ2n) is 4.27. The van der Waals surface area contributed by atoms with Crippen LogP contribution < -0.4 is 0 Å². The highest BCUT2D eigenvalue weighted by atomic mass is 79.9. The smallest absolute Gasteiger partial charge is 0.111 e. The summed E-state index contributed by atoms with van der Waals surface area (Å²) in [6.07, 6.45) is 0.766. The van der Waals surface area contributed by atoms with Crippen LogP contribution in [0.3, 0.4) is 0 Å². The van der Waals surface area contributed by atoms with Crippen LogP contribution in [-0.4, -0.2) is 29.1 Å². The molecule has 0 amide bonds. The molecular formula is C13H16BrClN2O. The summed E-state index contributed by atoms with van der Waals surface area (Å²) in [5.74, 6) is 1.59. The SMILES string of the molecule is COCC(C)n1c(CCCl)nc2cc(Br)ccc21. The number of aromatic nitrogens is 2. The number of ether oxygens (including phenoxy) is 1. The van der Waals surface area contributed by atoms with Crippen LogP contribution in [0.25, 0.3) is 11.0 Å². The highest BCUT2D eigenvalue weighted by molar-refractivity contribution is 9.10. The highest BCUT2D eigenvalue weighted by Gasteiger charge is 2.15. The third kappa shape index (κ3) is 2.71. The molecule has 0 N–H and O–H groups in total. The number of methoxy groups -OCH3 is 1. The number of imidazole rings is 1. The number of hydrogen-bond acceptors (Lipinski definition) is 2. The Labute approximate surface area is 120 Å². The summed E-state index contributed by atoms with van der Waals surface area (Å²) in [6, 6.07) is 6.39. The maximum atomic E-state index is 5.85. The van der Waals surface area contributed by atoms with Gasteiger partial charge in [0.25, 0.3) is 0 Å². The van der Waals surface area contributed by atoms with Crippen molar-refractivity contribution in [2.45, 2.75) is 19.4 Å². The van der Waals surface area contributed by atoms with Crippen LogP contribution in [0.1, 0.15) is 18.8 Å². The van der Waals surface area contributed by atoms with Crippen LogP contribution in [0.15, 0.2) is 22.7 Å². The Kier molecular flexibility index (Phi) is 4.65. The zero-order valence-electron chi connectivity index (χ0n) is 10.5. The van der Waals surface area contributed by atoms with Crippen molar-refractivity contribution in [3.63, 3.8) is 0 Å². The first kappa shape index (κ1) is 13.8. The number of aryl methyl sites for hydroxylation is 1. The predicted octanol–water partition coefficient (Wildman–Crippen LogP) is 3.79. The molecule has 98 valence electrons. The van der Waals surface area contributed by atoms with Crippen LogP contribution in [0, 0.1) is 0 Å². The summed E-state index contributed by atoms with van der Waals surface area (Å²) in [5, 5.41) is 0. The summed E-state index contributed by atoms with van der Waals surface area (Å²) >= 11 is 9.33. The van der Waals surface area contributed by atoms with Crippen molar-refractivity contribution < 1.29 is 4.74 Å². The number of nitrogens with zero attached hydrogens (tertiary/aromatic N) is 2. The Balaban J connectivity index is 2.54. The lowest BCUT2D eigenvalue weighted by atomic mass is 10.2. The van der Waals surface area contributed by atoms with Crippen LogP contribution in [-0.2, 0) is 11.2 Å². The molecule has 2 aromatic rings. The van der Waals surface area contributed by atoms with Crippen molar-refractivity contribution >= 4 is 38.6 Å². The standard InChI is InChI=1S/C13H16BrClN2O/c1-9(8-18-2)17-12-4-3-10(14)7-11(12)16-13(17)5-6-15/h3-4,7,9H,5-6,8H2,1-2H3. The van der Waals surface area contributed by atoms with E-state index in [1.54, 1.807) is 7.11 Å². The second-order valence-corrected chi connectivity index (χ2v) is 5.57. The Morgan fingerprint density at radius 3 is 2.94 bits per heavy atom. The molecule has 2 rings (SSSR count). The van der Waals surface area contributed by atoms with E-state index in [1.165, 1.54) is 0 Å². The average molecular weight is 332 g/mol. The molecule has 0 aliphatic heterocycles. The molecular weight excluding hydrogens is 316 g/mol. The fraction of sp³-hybridized carbons (Fsp3) is 0.462. The van der Waals surface area contributed by atoms with Gasteiger partial charge in [-0.1, -0.05) is 15.9 Å². The normalized spacial score (nSPS) is 13.1. The number of benzene rings is 1. The molecule has 1 heterocycles. The molecule has 0 bridgehead atoms. The highest BCUT2D eigenvalue weighted by Crippen LogP contribution is 2.25. The van der Waals surface area contributed by atoms with E-state index in [-0.39, 0.29) is 6.04 Å². The fourth-order valence-corrected chi connectivity index (χ4v) is 2.71. The number of hydrogen-bond donors (Lipinski definition) is 0. The average Bonchev–Trinajstić information content (AvgIpc) is 2.67. The van der Waals surface area contributed by atoms with E-state index in [1.807, 2.05) is 12.1 Å². The van der Waals surface area contributed by atoms with E-state index in [4.69, 9.17) is 16.3 Å². The van der Waals surface area contributed by atoms with Gasteiger partial charge in [0.15, 0.2) is 0 Å². The van der Waals surface area contributed by atoms with Crippen molar-refractivity contribution in [3.8, 4) is 0 Å². The molecule has 1 unspecified atom stereocenters. The molecule has 5 heteroatoms. The van der Waals surface area contributed by atoms with Crippen molar-refractivity contribution in [1.82, 2.24) is 9.55 Å². The van der Waals surface area contributed by atoms with Crippen molar-refractivity contribution in [2.24, 2.45) is 0 Å². The van der Waals surface area contributed by atoms with Gasteiger partial charge in [-0.15, -0.1) is 11.6 Å². The van der Waals surface area contributed by atoms with Crippen molar-refractivity contribution in [3.05, 3.63) is 28.5 Å². The number of rotatable bonds is 5. The van der Waals surface area contributed by atoms with E-state index in [9.17, 15) is 0 Å². The topological polar surface area (TPSA) is 27.1 Å². The summed E-state index contributed by atoms with van der Waals surface area (Å²) in [5.41, 5.74) is 2.12. The molecule has 18 heavy (non-hydrogen) atoms. The van der Waals surface area contributed by atoms with E-state index in [0.717, 1.165) is 27.8 Å². The van der Waals surface area contributed by atoms with Gasteiger partial charge in [0.05, 0.1) is 23.7 Å². The molecule has 0 saturated heterocycles. The minimum Gasteiger partial charge on any atom is -0.383 e. The fourth-order valence-electron chi connectivity index (χ4n) is 2.19. The molecule has 0 spiro atoms. The van der Waals surface area contributed by atoms with Gasteiger partial charge in [-0.3, -0.25) is 0 Å². The zero-order valence-corrected chi connectivity index (χ0v) is 12.8. The first-order chi connectivity index (χ1) is 8.67. The Hall–Kier alpha value is -0.580. The van der Waals surface area contributed by atoms with Gasteiger partial charge in [-0.25, -0.2) is 4.98 Å². The first-order valence-corrected chi connectivity index (χ1v) is 7.21.